The third-order valence-electron chi connectivity index (χ3n) is 5.51. The summed E-state index contributed by atoms with van der Waals surface area (Å²) in [7, 11) is 0. The molecule has 1 aromatic heterocycles. The Kier molecular flexibility index (Phi) is 6.89. The Morgan fingerprint density at radius 2 is 1.64 bits per heavy atom. The van der Waals surface area contributed by atoms with E-state index < -0.39 is 5.97 Å². The molecule has 170 valence electrons. The fraction of sp³-hybridized carbons (Fsp3) is 0.280. The van der Waals surface area contributed by atoms with E-state index in [1.165, 1.54) is 0 Å². The first-order valence-electron chi connectivity index (χ1n) is 10.9. The lowest BCUT2D eigenvalue weighted by Crippen LogP contribution is -2.49. The Bertz CT molecular complexity index is 1160. The highest BCUT2D eigenvalue weighted by Crippen LogP contribution is 2.28. The van der Waals surface area contributed by atoms with E-state index in [1.54, 1.807) is 18.7 Å². The first-order valence-corrected chi connectivity index (χ1v) is 11.3. The van der Waals surface area contributed by atoms with E-state index >= 15 is 0 Å². The molecule has 2 aromatic carbocycles. The predicted octanol–water partition coefficient (Wildman–Crippen LogP) is 4.24. The Morgan fingerprint density at radius 3 is 2.30 bits per heavy atom. The zero-order valence-corrected chi connectivity index (χ0v) is 19.4. The molecule has 0 spiro atoms. The van der Waals surface area contributed by atoms with E-state index in [1.807, 2.05) is 54.6 Å². The van der Waals surface area contributed by atoms with Crippen molar-refractivity contribution >= 4 is 29.2 Å². The van der Waals surface area contributed by atoms with Gasteiger partial charge < -0.3 is 14.5 Å². The molecule has 4 rings (SSSR count). The maximum Gasteiger partial charge on any atom is 0.342 e. The van der Waals surface area contributed by atoms with Crippen LogP contribution in [0.4, 0.5) is 5.69 Å². The molecule has 0 unspecified atom stereocenters. The molecule has 1 aliphatic rings. The van der Waals surface area contributed by atoms with Crippen LogP contribution in [0.5, 0.6) is 0 Å². The molecule has 2 heterocycles. The topological polar surface area (TPSA) is 75.6 Å². The van der Waals surface area contributed by atoms with Gasteiger partial charge in [0.25, 0.3) is 5.91 Å². The van der Waals surface area contributed by atoms with Crippen molar-refractivity contribution in [1.29, 1.82) is 0 Å². The van der Waals surface area contributed by atoms with E-state index in [0.717, 1.165) is 11.3 Å². The number of aromatic nitrogens is 2. The molecule has 1 saturated heterocycles. The van der Waals surface area contributed by atoms with Crippen molar-refractivity contribution in [1.82, 2.24) is 14.9 Å². The fourth-order valence-corrected chi connectivity index (χ4v) is 4.19. The van der Waals surface area contributed by atoms with E-state index in [4.69, 9.17) is 16.3 Å². The monoisotopic (exact) mass is 464 g/mol. The summed E-state index contributed by atoms with van der Waals surface area (Å²) in [5, 5.41) is 0.681. The zero-order valence-electron chi connectivity index (χ0n) is 18.6. The van der Waals surface area contributed by atoms with Gasteiger partial charge in [-0.1, -0.05) is 54.1 Å². The standard InChI is InChI=1S/C25H25ClN4O3/c1-3-33-25(32)21-22(18-9-5-4-6-10-18)27-17(2)28-23(21)24(31)30-15-13-29(14-16-30)20-12-8-7-11-19(20)26/h4-12H,3,13-16H2,1-2H3. The molecule has 0 bridgehead atoms. The summed E-state index contributed by atoms with van der Waals surface area (Å²) < 4.78 is 5.28. The largest absolute Gasteiger partial charge is 0.462 e. The third kappa shape index (κ3) is 4.83. The van der Waals surface area contributed by atoms with Crippen molar-refractivity contribution in [2.45, 2.75) is 13.8 Å². The number of nitrogens with zero attached hydrogens (tertiary/aromatic N) is 4. The van der Waals surface area contributed by atoms with E-state index in [2.05, 4.69) is 14.9 Å². The number of anilines is 1. The van der Waals surface area contributed by atoms with Gasteiger partial charge in [-0.05, 0) is 26.0 Å². The second-order valence-electron chi connectivity index (χ2n) is 7.66. The number of hydrogen-bond donors (Lipinski definition) is 0. The molecule has 0 radical (unpaired) electrons. The van der Waals surface area contributed by atoms with Gasteiger partial charge >= 0.3 is 5.97 Å². The average molecular weight is 465 g/mol. The molecule has 1 fully saturated rings. The maximum absolute atomic E-state index is 13.6. The van der Waals surface area contributed by atoms with E-state index in [-0.39, 0.29) is 23.8 Å². The van der Waals surface area contributed by atoms with Crippen molar-refractivity contribution in [2.75, 3.05) is 37.7 Å². The van der Waals surface area contributed by atoms with Crippen LogP contribution in [-0.4, -0.2) is 59.5 Å². The minimum absolute atomic E-state index is 0.0750. The normalized spacial score (nSPS) is 13.7. The number of carbonyl (C=O) groups excluding carboxylic acids is 2. The number of esters is 1. The lowest BCUT2D eigenvalue weighted by atomic mass is 10.0. The number of para-hydroxylation sites is 1. The molecule has 7 nitrogen and oxygen atoms in total. The smallest absolute Gasteiger partial charge is 0.342 e. The summed E-state index contributed by atoms with van der Waals surface area (Å²) in [6.45, 7) is 5.84. The lowest BCUT2D eigenvalue weighted by molar-refractivity contribution is 0.0517. The predicted molar refractivity (Wildman–Crippen MR) is 128 cm³/mol. The molecular formula is C25H25ClN4O3. The highest BCUT2D eigenvalue weighted by Gasteiger charge is 2.31. The van der Waals surface area contributed by atoms with Gasteiger partial charge in [-0.3, -0.25) is 4.79 Å². The van der Waals surface area contributed by atoms with E-state index in [0.29, 0.717) is 42.7 Å². The van der Waals surface area contributed by atoms with Crippen LogP contribution in [0.3, 0.4) is 0 Å². The second kappa shape index (κ2) is 10.0. The number of hydrogen-bond acceptors (Lipinski definition) is 6. The molecule has 3 aromatic rings. The van der Waals surface area contributed by atoms with Crippen LogP contribution in [0.2, 0.25) is 5.02 Å². The highest BCUT2D eigenvalue weighted by atomic mass is 35.5. The number of halogens is 1. The van der Waals surface area contributed by atoms with Crippen LogP contribution in [0.25, 0.3) is 11.3 Å². The summed E-state index contributed by atoms with van der Waals surface area (Å²) in [5.41, 5.74) is 2.25. The molecule has 0 aliphatic carbocycles. The van der Waals surface area contributed by atoms with Crippen molar-refractivity contribution < 1.29 is 14.3 Å². The summed E-state index contributed by atoms with van der Waals surface area (Å²) in [4.78, 5) is 39.2. The molecule has 0 N–H and O–H groups in total. The van der Waals surface area contributed by atoms with Gasteiger partial charge in [0, 0.05) is 31.7 Å². The van der Waals surface area contributed by atoms with E-state index in [9.17, 15) is 9.59 Å². The molecule has 8 heteroatoms. The van der Waals surface area contributed by atoms with Crippen molar-refractivity contribution in [3.63, 3.8) is 0 Å². The fourth-order valence-electron chi connectivity index (χ4n) is 3.94. The van der Waals surface area contributed by atoms with Crippen LogP contribution >= 0.6 is 11.6 Å². The van der Waals surface area contributed by atoms with Crippen LogP contribution in [0, 0.1) is 6.92 Å². The number of carbonyl (C=O) groups is 2. The van der Waals surface area contributed by atoms with Crippen LogP contribution < -0.4 is 4.90 Å². The summed E-state index contributed by atoms with van der Waals surface area (Å²) in [5.74, 6) is -0.492. The van der Waals surface area contributed by atoms with Crippen molar-refractivity contribution in [3.05, 3.63) is 76.7 Å². The summed E-state index contributed by atoms with van der Waals surface area (Å²) in [6, 6.07) is 17.0. The van der Waals surface area contributed by atoms with Gasteiger partial charge in [0.15, 0.2) is 0 Å². The quantitative estimate of drug-likeness (QED) is 0.525. The number of ether oxygens (including phenoxy) is 1. The van der Waals surface area contributed by atoms with Gasteiger partial charge in [-0.25, -0.2) is 14.8 Å². The Morgan fingerprint density at radius 1 is 0.970 bits per heavy atom. The van der Waals surface area contributed by atoms with Gasteiger partial charge in [-0.15, -0.1) is 0 Å². The van der Waals surface area contributed by atoms with Crippen LogP contribution in [0.15, 0.2) is 54.6 Å². The number of aryl methyl sites for hydroxylation is 1. The Labute approximate surface area is 198 Å². The minimum Gasteiger partial charge on any atom is -0.462 e. The second-order valence-corrected chi connectivity index (χ2v) is 8.07. The minimum atomic E-state index is -0.602. The highest BCUT2D eigenvalue weighted by molar-refractivity contribution is 6.33. The number of benzene rings is 2. The molecule has 0 saturated carbocycles. The van der Waals surface area contributed by atoms with Crippen LogP contribution in [0.1, 0.15) is 33.6 Å². The van der Waals surface area contributed by atoms with Gasteiger partial charge in [0.05, 0.1) is 23.0 Å². The SMILES string of the molecule is CCOC(=O)c1c(C(=O)N2CCN(c3ccccc3Cl)CC2)nc(C)nc1-c1ccccc1. The Balaban J connectivity index is 1.66. The third-order valence-corrected chi connectivity index (χ3v) is 5.83. The van der Waals surface area contributed by atoms with Gasteiger partial charge in [0.2, 0.25) is 0 Å². The van der Waals surface area contributed by atoms with Gasteiger partial charge in [0.1, 0.15) is 17.1 Å². The summed E-state index contributed by atoms with van der Waals surface area (Å²) >= 11 is 6.34. The lowest BCUT2D eigenvalue weighted by Gasteiger charge is -2.36. The molecular weight excluding hydrogens is 440 g/mol. The first kappa shape index (κ1) is 22.7. The van der Waals surface area contributed by atoms with Crippen molar-refractivity contribution in [3.8, 4) is 11.3 Å². The Hall–Kier alpha value is -3.45. The van der Waals surface area contributed by atoms with Crippen LogP contribution in [-0.2, 0) is 4.74 Å². The zero-order chi connectivity index (χ0) is 23.4. The van der Waals surface area contributed by atoms with Crippen molar-refractivity contribution in [2.24, 2.45) is 0 Å². The molecule has 1 aliphatic heterocycles. The van der Waals surface area contributed by atoms with Gasteiger partial charge in [-0.2, -0.15) is 0 Å². The first-order chi connectivity index (χ1) is 16.0. The molecule has 1 amide bonds. The molecule has 33 heavy (non-hydrogen) atoms. The number of rotatable bonds is 5. The number of piperazine rings is 1. The number of amides is 1. The summed E-state index contributed by atoms with van der Waals surface area (Å²) in [6.07, 6.45) is 0. The average Bonchev–Trinajstić information content (AvgIpc) is 2.84. The maximum atomic E-state index is 13.6. The molecule has 0 atom stereocenters.